The first kappa shape index (κ1) is 16.9. The van der Waals surface area contributed by atoms with Crippen molar-refractivity contribution < 1.29 is 4.79 Å². The highest BCUT2D eigenvalue weighted by Crippen LogP contribution is 2.41. The Morgan fingerprint density at radius 1 is 1.16 bits per heavy atom. The summed E-state index contributed by atoms with van der Waals surface area (Å²) in [5.74, 6) is 2.03. The van der Waals surface area contributed by atoms with Crippen molar-refractivity contribution in [3.8, 4) is 0 Å². The van der Waals surface area contributed by atoms with Crippen LogP contribution in [0.2, 0.25) is 0 Å². The van der Waals surface area contributed by atoms with Crippen LogP contribution in [-0.4, -0.2) is 30.9 Å². The summed E-state index contributed by atoms with van der Waals surface area (Å²) >= 11 is 1.53. The monoisotopic (exact) mass is 358 g/mol. The van der Waals surface area contributed by atoms with Crippen LogP contribution in [0.5, 0.6) is 0 Å². The maximum atomic E-state index is 12.8. The highest BCUT2D eigenvalue weighted by Gasteiger charge is 2.31. The minimum Gasteiger partial charge on any atom is -0.345 e. The molecule has 0 atom stereocenters. The van der Waals surface area contributed by atoms with Crippen LogP contribution in [0.1, 0.15) is 85.1 Å². The first-order chi connectivity index (χ1) is 12.0. The lowest BCUT2D eigenvalue weighted by Crippen LogP contribution is -2.08. The highest BCUT2D eigenvalue weighted by molar-refractivity contribution is 7.99. The van der Waals surface area contributed by atoms with Gasteiger partial charge >= 0.3 is 0 Å². The predicted octanol–water partition coefficient (Wildman–Crippen LogP) is 4.46. The number of carbonyl (C=O) groups is 1. The van der Waals surface area contributed by atoms with Gasteiger partial charge in [-0.2, -0.15) is 0 Å². The molecule has 2 aliphatic carbocycles. The zero-order chi connectivity index (χ0) is 17.7. The van der Waals surface area contributed by atoms with E-state index in [4.69, 9.17) is 0 Å². The second kappa shape index (κ2) is 6.31. The van der Waals surface area contributed by atoms with E-state index in [0.717, 1.165) is 22.2 Å². The normalized spacial score (nSPS) is 17.5. The van der Waals surface area contributed by atoms with E-state index in [1.165, 1.54) is 43.1 Å². The van der Waals surface area contributed by atoms with Crippen molar-refractivity contribution in [3.63, 3.8) is 0 Å². The van der Waals surface area contributed by atoms with Crippen LogP contribution in [0.3, 0.4) is 0 Å². The second-order valence-corrected chi connectivity index (χ2v) is 8.64. The van der Waals surface area contributed by atoms with E-state index >= 15 is 0 Å². The number of nitrogens with zero attached hydrogens (tertiary/aromatic N) is 4. The quantitative estimate of drug-likeness (QED) is 0.541. The third-order valence-corrected chi connectivity index (χ3v) is 6.09. The first-order valence-electron chi connectivity index (χ1n) is 9.26. The van der Waals surface area contributed by atoms with E-state index < -0.39 is 0 Å². The molecule has 0 saturated heterocycles. The Labute approximate surface area is 153 Å². The molecular weight excluding hydrogens is 332 g/mol. The molecule has 134 valence electrons. The van der Waals surface area contributed by atoms with E-state index in [9.17, 15) is 4.79 Å². The number of Topliss-reactive ketones (excluding diaryl/α,β-unsaturated/α-hetero) is 1. The molecule has 2 aromatic heterocycles. The largest absolute Gasteiger partial charge is 0.345 e. The van der Waals surface area contributed by atoms with Crippen LogP contribution in [-0.2, 0) is 0 Å². The van der Waals surface area contributed by atoms with E-state index in [1.54, 1.807) is 0 Å². The zero-order valence-electron chi connectivity index (χ0n) is 15.5. The van der Waals surface area contributed by atoms with Gasteiger partial charge in [-0.25, -0.2) is 0 Å². The molecule has 0 radical (unpaired) electrons. The lowest BCUT2D eigenvalue weighted by Gasteiger charge is -2.10. The average molecular weight is 359 g/mol. The first-order valence-corrected chi connectivity index (χ1v) is 10.2. The molecule has 4 rings (SSSR count). The summed E-state index contributed by atoms with van der Waals surface area (Å²) in [6.45, 7) is 8.48. The molecule has 5 nitrogen and oxygen atoms in total. The minimum absolute atomic E-state index is 0.196. The van der Waals surface area contributed by atoms with Crippen LogP contribution in [0, 0.1) is 13.8 Å². The lowest BCUT2D eigenvalue weighted by atomic mass is 10.2. The third-order valence-electron chi connectivity index (χ3n) is 5.15. The summed E-state index contributed by atoms with van der Waals surface area (Å²) in [7, 11) is 0. The number of aryl methyl sites for hydroxylation is 1. The van der Waals surface area contributed by atoms with Crippen molar-refractivity contribution in [1.29, 1.82) is 0 Å². The van der Waals surface area contributed by atoms with Crippen molar-refractivity contribution in [1.82, 2.24) is 19.3 Å². The molecule has 0 aromatic carbocycles. The van der Waals surface area contributed by atoms with Crippen LogP contribution < -0.4 is 0 Å². The summed E-state index contributed by atoms with van der Waals surface area (Å²) in [4.78, 5) is 12.8. The molecule has 6 heteroatoms. The summed E-state index contributed by atoms with van der Waals surface area (Å²) in [5, 5.41) is 9.64. The molecular formula is C19H26N4OS. The van der Waals surface area contributed by atoms with Gasteiger partial charge in [0.2, 0.25) is 0 Å². The minimum atomic E-state index is 0.196. The lowest BCUT2D eigenvalue weighted by molar-refractivity contribution is 0.102. The van der Waals surface area contributed by atoms with E-state index in [1.807, 2.05) is 0 Å². The topological polar surface area (TPSA) is 52.7 Å². The van der Waals surface area contributed by atoms with Crippen molar-refractivity contribution >= 4 is 17.5 Å². The van der Waals surface area contributed by atoms with Gasteiger partial charge in [-0.3, -0.25) is 4.79 Å². The van der Waals surface area contributed by atoms with Crippen molar-refractivity contribution in [2.45, 2.75) is 76.5 Å². The standard InChI is InChI=1S/C19H26N4OS/c1-11(2)18-20-21-19(23(18)15-7-8-15)25-10-17(24)16-9-12(3)22(13(16)4)14-5-6-14/h9,11,14-15H,5-8,10H2,1-4H3. The number of ketones is 1. The Balaban J connectivity index is 1.50. The Kier molecular flexibility index (Phi) is 4.26. The van der Waals surface area contributed by atoms with E-state index in [-0.39, 0.29) is 5.78 Å². The Morgan fingerprint density at radius 3 is 2.40 bits per heavy atom. The van der Waals surface area contributed by atoms with Gasteiger partial charge in [-0.15, -0.1) is 10.2 Å². The molecule has 2 fully saturated rings. The molecule has 0 amide bonds. The Hall–Kier alpha value is -1.56. The number of hydrogen-bond donors (Lipinski definition) is 0. The van der Waals surface area contributed by atoms with Crippen molar-refractivity contribution in [3.05, 3.63) is 28.8 Å². The number of aromatic nitrogens is 4. The molecule has 0 aliphatic heterocycles. The van der Waals surface area contributed by atoms with Gasteiger partial charge < -0.3 is 9.13 Å². The van der Waals surface area contributed by atoms with Crippen LogP contribution in [0.25, 0.3) is 0 Å². The van der Waals surface area contributed by atoms with Gasteiger partial charge in [0.1, 0.15) is 5.82 Å². The fourth-order valence-electron chi connectivity index (χ4n) is 3.62. The average Bonchev–Trinajstić information content (AvgIpc) is 3.49. The number of hydrogen-bond acceptors (Lipinski definition) is 4. The van der Waals surface area contributed by atoms with Gasteiger partial charge in [-0.05, 0) is 45.6 Å². The number of thioether (sulfide) groups is 1. The smallest absolute Gasteiger partial charge is 0.191 e. The Bertz CT molecular complexity index is 812. The third kappa shape index (κ3) is 3.16. The molecule has 0 bridgehead atoms. The van der Waals surface area contributed by atoms with Gasteiger partial charge in [0.25, 0.3) is 0 Å². The number of carbonyl (C=O) groups excluding carboxylic acids is 1. The van der Waals surface area contributed by atoms with Crippen molar-refractivity contribution in [2.24, 2.45) is 0 Å². The van der Waals surface area contributed by atoms with Crippen LogP contribution in [0.4, 0.5) is 0 Å². The van der Waals surface area contributed by atoms with Crippen molar-refractivity contribution in [2.75, 3.05) is 5.75 Å². The summed E-state index contributed by atoms with van der Waals surface area (Å²) < 4.78 is 4.59. The van der Waals surface area contributed by atoms with Gasteiger partial charge in [0.15, 0.2) is 10.9 Å². The van der Waals surface area contributed by atoms with Crippen LogP contribution in [0.15, 0.2) is 11.2 Å². The molecule has 2 aliphatic rings. The maximum absolute atomic E-state index is 12.8. The summed E-state index contributed by atoms with van der Waals surface area (Å²) in [6.07, 6.45) is 4.87. The molecule has 2 aromatic rings. The van der Waals surface area contributed by atoms with E-state index in [0.29, 0.717) is 23.8 Å². The SMILES string of the molecule is Cc1cc(C(=O)CSc2nnc(C(C)C)n2C2CC2)c(C)n1C1CC1. The molecule has 25 heavy (non-hydrogen) atoms. The fourth-order valence-corrected chi connectivity index (χ4v) is 4.51. The highest BCUT2D eigenvalue weighted by atomic mass is 32.2. The maximum Gasteiger partial charge on any atom is 0.191 e. The van der Waals surface area contributed by atoms with E-state index in [2.05, 4.69) is 53.1 Å². The fraction of sp³-hybridized carbons (Fsp3) is 0.632. The van der Waals surface area contributed by atoms with Gasteiger partial charge in [0, 0.05) is 35.0 Å². The molecule has 2 saturated carbocycles. The summed E-state index contributed by atoms with van der Waals surface area (Å²) in [5.41, 5.74) is 3.20. The molecule has 0 unspecified atom stereocenters. The zero-order valence-corrected chi connectivity index (χ0v) is 16.3. The Morgan fingerprint density at radius 2 is 1.80 bits per heavy atom. The summed E-state index contributed by atoms with van der Waals surface area (Å²) in [6, 6.07) is 3.20. The van der Waals surface area contributed by atoms with Gasteiger partial charge in [0.05, 0.1) is 5.75 Å². The molecule has 0 spiro atoms. The molecule has 0 N–H and O–H groups in total. The van der Waals surface area contributed by atoms with Gasteiger partial charge in [-0.1, -0.05) is 25.6 Å². The second-order valence-electron chi connectivity index (χ2n) is 7.69. The molecule has 2 heterocycles. The van der Waals surface area contributed by atoms with Crippen LogP contribution >= 0.6 is 11.8 Å². The number of rotatable bonds is 7. The predicted molar refractivity (Wildman–Crippen MR) is 99.6 cm³/mol.